The Morgan fingerprint density at radius 2 is 1.72 bits per heavy atom. The minimum absolute atomic E-state index is 0.107. The highest BCUT2D eigenvalue weighted by atomic mass is 32.2. The lowest BCUT2D eigenvalue weighted by Crippen LogP contribution is -2.34. The highest BCUT2D eigenvalue weighted by Gasteiger charge is 2.20. The molecule has 9 heteroatoms. The Bertz CT molecular complexity index is 932. The van der Waals surface area contributed by atoms with Gasteiger partial charge in [0.2, 0.25) is 15.9 Å². The van der Waals surface area contributed by atoms with Crippen molar-refractivity contribution >= 4 is 15.9 Å². The molecule has 0 radical (unpaired) electrons. The van der Waals surface area contributed by atoms with E-state index < -0.39 is 21.9 Å². The highest BCUT2D eigenvalue weighted by Crippen LogP contribution is 2.27. The Kier molecular flexibility index (Phi) is 7.98. The summed E-state index contributed by atoms with van der Waals surface area (Å²) in [6.45, 7) is 0.364. The molecular weight excluding hydrogens is 399 g/mol. The van der Waals surface area contributed by atoms with Crippen molar-refractivity contribution in [1.29, 1.82) is 0 Å². The van der Waals surface area contributed by atoms with Crippen molar-refractivity contribution in [3.8, 4) is 11.5 Å². The summed E-state index contributed by atoms with van der Waals surface area (Å²) in [6.07, 6.45) is 1.47. The van der Waals surface area contributed by atoms with Crippen LogP contribution in [-0.2, 0) is 21.2 Å². The number of halogens is 1. The van der Waals surface area contributed by atoms with Gasteiger partial charge in [0.1, 0.15) is 5.82 Å². The molecule has 2 aromatic rings. The van der Waals surface area contributed by atoms with Crippen LogP contribution in [0.1, 0.15) is 23.6 Å². The molecule has 0 heterocycles. The van der Waals surface area contributed by atoms with E-state index in [4.69, 9.17) is 9.47 Å². The summed E-state index contributed by atoms with van der Waals surface area (Å²) < 4.78 is 49.3. The SMILES string of the molecule is COc1ccc(CCNC(=O)C[C@H](NS(C)(=O)=O)c2ccc(F)cc2)cc1OC. The van der Waals surface area contributed by atoms with Crippen LogP contribution in [-0.4, -0.2) is 41.3 Å². The predicted molar refractivity (Wildman–Crippen MR) is 108 cm³/mol. The van der Waals surface area contributed by atoms with Crippen molar-refractivity contribution in [1.82, 2.24) is 10.0 Å². The van der Waals surface area contributed by atoms with Crippen molar-refractivity contribution in [3.05, 3.63) is 59.4 Å². The zero-order valence-electron chi connectivity index (χ0n) is 16.6. The molecular formula is C20H25FN2O5S. The van der Waals surface area contributed by atoms with Crippen LogP contribution < -0.4 is 19.5 Å². The standard InChI is InChI=1S/C20H25FN2O5S/c1-27-18-9-4-14(12-19(18)28-2)10-11-22-20(24)13-17(23-29(3,25)26)15-5-7-16(21)8-6-15/h4-9,12,17,23H,10-11,13H2,1-3H3,(H,22,24)/t17-/m0/s1. The van der Waals surface area contributed by atoms with Crippen LogP contribution in [0.25, 0.3) is 0 Å². The average Bonchev–Trinajstić information content (AvgIpc) is 2.66. The summed E-state index contributed by atoms with van der Waals surface area (Å²) in [5, 5.41) is 2.77. The molecule has 2 aromatic carbocycles. The van der Waals surface area contributed by atoms with E-state index in [0.29, 0.717) is 30.0 Å². The molecule has 1 amide bonds. The zero-order chi connectivity index (χ0) is 21.4. The second-order valence-electron chi connectivity index (χ2n) is 6.49. The maximum absolute atomic E-state index is 13.1. The van der Waals surface area contributed by atoms with Crippen LogP contribution in [0.5, 0.6) is 11.5 Å². The number of sulfonamides is 1. The van der Waals surface area contributed by atoms with Crippen LogP contribution in [0.4, 0.5) is 4.39 Å². The van der Waals surface area contributed by atoms with E-state index >= 15 is 0 Å². The Hall–Kier alpha value is -2.65. The number of methoxy groups -OCH3 is 2. The first kappa shape index (κ1) is 22.6. The lowest BCUT2D eigenvalue weighted by atomic mass is 10.0. The second-order valence-corrected chi connectivity index (χ2v) is 8.27. The molecule has 158 valence electrons. The molecule has 0 spiro atoms. The van der Waals surface area contributed by atoms with E-state index in [2.05, 4.69) is 10.0 Å². The minimum atomic E-state index is -3.55. The number of amides is 1. The third-order valence-electron chi connectivity index (χ3n) is 4.20. The first-order chi connectivity index (χ1) is 13.7. The minimum Gasteiger partial charge on any atom is -0.493 e. The summed E-state index contributed by atoms with van der Waals surface area (Å²) in [5.74, 6) is 0.460. The molecule has 2 rings (SSSR count). The van der Waals surface area contributed by atoms with Gasteiger partial charge in [0.15, 0.2) is 11.5 Å². The molecule has 0 fully saturated rings. The quantitative estimate of drug-likeness (QED) is 0.610. The Morgan fingerprint density at radius 3 is 2.31 bits per heavy atom. The van der Waals surface area contributed by atoms with Crippen molar-refractivity contribution in [2.45, 2.75) is 18.9 Å². The van der Waals surface area contributed by atoms with E-state index in [1.165, 1.54) is 24.3 Å². The smallest absolute Gasteiger partial charge is 0.221 e. The third kappa shape index (κ3) is 7.35. The molecule has 0 aliphatic carbocycles. The van der Waals surface area contributed by atoms with Crippen molar-refractivity contribution in [2.75, 3.05) is 27.0 Å². The Morgan fingerprint density at radius 1 is 1.07 bits per heavy atom. The molecule has 0 aliphatic heterocycles. The maximum Gasteiger partial charge on any atom is 0.221 e. The number of rotatable bonds is 10. The summed E-state index contributed by atoms with van der Waals surface area (Å²) in [6, 6.07) is 10.1. The number of hydrogen-bond acceptors (Lipinski definition) is 5. The van der Waals surface area contributed by atoms with Gasteiger partial charge in [0, 0.05) is 13.0 Å². The molecule has 0 bridgehead atoms. The first-order valence-electron chi connectivity index (χ1n) is 8.92. The van der Waals surface area contributed by atoms with E-state index in [9.17, 15) is 17.6 Å². The van der Waals surface area contributed by atoms with Gasteiger partial charge in [-0.25, -0.2) is 17.5 Å². The van der Waals surface area contributed by atoms with E-state index in [-0.39, 0.29) is 12.3 Å². The van der Waals surface area contributed by atoms with Crippen LogP contribution in [0, 0.1) is 5.82 Å². The third-order valence-corrected chi connectivity index (χ3v) is 4.91. The first-order valence-corrected chi connectivity index (χ1v) is 10.8. The zero-order valence-corrected chi connectivity index (χ0v) is 17.4. The molecule has 2 N–H and O–H groups in total. The van der Waals surface area contributed by atoms with Crippen LogP contribution >= 0.6 is 0 Å². The highest BCUT2D eigenvalue weighted by molar-refractivity contribution is 7.88. The van der Waals surface area contributed by atoms with Crippen LogP contribution in [0.3, 0.4) is 0 Å². The average molecular weight is 424 g/mol. The lowest BCUT2D eigenvalue weighted by Gasteiger charge is -2.18. The molecule has 7 nitrogen and oxygen atoms in total. The molecule has 0 aliphatic rings. The summed E-state index contributed by atoms with van der Waals surface area (Å²) >= 11 is 0. The van der Waals surface area contributed by atoms with Crippen molar-refractivity contribution in [2.24, 2.45) is 0 Å². The van der Waals surface area contributed by atoms with Gasteiger partial charge in [-0.1, -0.05) is 18.2 Å². The predicted octanol–water partition coefficient (Wildman–Crippen LogP) is 2.18. The van der Waals surface area contributed by atoms with Crippen LogP contribution in [0.15, 0.2) is 42.5 Å². The maximum atomic E-state index is 13.1. The number of carbonyl (C=O) groups excluding carboxylic acids is 1. The lowest BCUT2D eigenvalue weighted by molar-refractivity contribution is -0.121. The monoisotopic (exact) mass is 424 g/mol. The largest absolute Gasteiger partial charge is 0.493 e. The van der Waals surface area contributed by atoms with Gasteiger partial charge >= 0.3 is 0 Å². The molecule has 0 unspecified atom stereocenters. The Labute approximate surface area is 170 Å². The van der Waals surface area contributed by atoms with Gasteiger partial charge in [-0.15, -0.1) is 0 Å². The second kappa shape index (κ2) is 10.2. The fraction of sp³-hybridized carbons (Fsp3) is 0.350. The number of hydrogen-bond donors (Lipinski definition) is 2. The number of benzene rings is 2. The van der Waals surface area contributed by atoms with Gasteiger partial charge in [0.05, 0.1) is 26.5 Å². The number of ether oxygens (including phenoxy) is 2. The summed E-state index contributed by atoms with van der Waals surface area (Å²) in [4.78, 5) is 12.3. The van der Waals surface area contributed by atoms with E-state index in [1.54, 1.807) is 20.3 Å². The fourth-order valence-electron chi connectivity index (χ4n) is 2.82. The summed E-state index contributed by atoms with van der Waals surface area (Å²) in [7, 11) is -0.450. The molecule has 0 saturated heterocycles. The van der Waals surface area contributed by atoms with Crippen molar-refractivity contribution in [3.63, 3.8) is 0 Å². The number of nitrogens with one attached hydrogen (secondary N) is 2. The topological polar surface area (TPSA) is 93.7 Å². The molecule has 0 aromatic heterocycles. The van der Waals surface area contributed by atoms with Gasteiger partial charge in [-0.2, -0.15) is 0 Å². The molecule has 29 heavy (non-hydrogen) atoms. The van der Waals surface area contributed by atoms with Gasteiger partial charge in [-0.05, 0) is 41.8 Å². The normalized spacial score (nSPS) is 12.3. The molecule has 0 saturated carbocycles. The van der Waals surface area contributed by atoms with Crippen LogP contribution in [0.2, 0.25) is 0 Å². The molecule has 1 atom stereocenters. The van der Waals surface area contributed by atoms with Gasteiger partial charge in [-0.3, -0.25) is 4.79 Å². The van der Waals surface area contributed by atoms with E-state index in [0.717, 1.165) is 11.8 Å². The summed E-state index contributed by atoms with van der Waals surface area (Å²) in [5.41, 5.74) is 1.46. The fourth-order valence-corrected chi connectivity index (χ4v) is 3.56. The van der Waals surface area contributed by atoms with Gasteiger partial charge in [0.25, 0.3) is 0 Å². The van der Waals surface area contributed by atoms with E-state index in [1.807, 2.05) is 12.1 Å². The van der Waals surface area contributed by atoms with Crippen molar-refractivity contribution < 1.29 is 27.1 Å². The Balaban J connectivity index is 1.96. The number of carbonyl (C=O) groups is 1. The van der Waals surface area contributed by atoms with Gasteiger partial charge < -0.3 is 14.8 Å².